The minimum absolute atomic E-state index is 0.234. The topological polar surface area (TPSA) is 23.8 Å². The molecule has 1 nitrogen and oxygen atoms in total. The molecular weight excluding hydrogens is 165 g/mol. The molecule has 0 aromatic heterocycles. The molecule has 2 heteroatoms. The number of halogens is 1. The Morgan fingerprint density at radius 1 is 1.38 bits per heavy atom. The van der Waals surface area contributed by atoms with Gasteiger partial charge in [0, 0.05) is 11.8 Å². The summed E-state index contributed by atoms with van der Waals surface area (Å²) in [5.74, 6) is -0.234. The van der Waals surface area contributed by atoms with Crippen LogP contribution in [0.5, 0.6) is 0 Å². The highest BCUT2D eigenvalue weighted by atomic mass is 19.1. The van der Waals surface area contributed by atoms with Gasteiger partial charge in [0.25, 0.3) is 0 Å². The molecule has 1 aromatic rings. The van der Waals surface area contributed by atoms with Gasteiger partial charge in [-0.2, -0.15) is 5.26 Å². The van der Waals surface area contributed by atoms with Gasteiger partial charge in [-0.25, -0.2) is 4.39 Å². The molecule has 0 amide bonds. The van der Waals surface area contributed by atoms with E-state index in [1.54, 1.807) is 18.2 Å². The SMILES string of the molecule is CC(C)(CC#N)c1ccccc1F. The number of benzene rings is 1. The average molecular weight is 177 g/mol. The van der Waals surface area contributed by atoms with Gasteiger partial charge in [0.05, 0.1) is 6.07 Å². The zero-order valence-corrected chi connectivity index (χ0v) is 7.84. The van der Waals surface area contributed by atoms with Crippen molar-refractivity contribution in [1.29, 1.82) is 5.26 Å². The minimum Gasteiger partial charge on any atom is -0.207 e. The molecule has 68 valence electrons. The third-order valence-corrected chi connectivity index (χ3v) is 2.12. The molecule has 0 heterocycles. The highest BCUT2D eigenvalue weighted by Gasteiger charge is 2.23. The lowest BCUT2D eigenvalue weighted by Crippen LogP contribution is -2.17. The van der Waals surface area contributed by atoms with Gasteiger partial charge in [0.2, 0.25) is 0 Å². The summed E-state index contributed by atoms with van der Waals surface area (Å²) in [5.41, 5.74) is 0.205. The molecule has 0 radical (unpaired) electrons. The first kappa shape index (κ1) is 9.73. The van der Waals surface area contributed by atoms with E-state index in [1.807, 2.05) is 13.8 Å². The van der Waals surface area contributed by atoms with E-state index in [-0.39, 0.29) is 5.82 Å². The van der Waals surface area contributed by atoms with Gasteiger partial charge in [-0.3, -0.25) is 0 Å². The molecule has 0 aliphatic rings. The average Bonchev–Trinajstić information content (AvgIpc) is 2.04. The Hall–Kier alpha value is -1.36. The van der Waals surface area contributed by atoms with Gasteiger partial charge in [-0.1, -0.05) is 32.0 Å². The van der Waals surface area contributed by atoms with Crippen LogP contribution in [0.2, 0.25) is 0 Å². The van der Waals surface area contributed by atoms with E-state index in [2.05, 4.69) is 6.07 Å². The summed E-state index contributed by atoms with van der Waals surface area (Å²) in [7, 11) is 0. The molecule has 0 spiro atoms. The number of nitrogens with zero attached hydrogens (tertiary/aromatic N) is 1. The van der Waals surface area contributed by atoms with Crippen LogP contribution in [0.4, 0.5) is 4.39 Å². The molecule has 0 fully saturated rings. The van der Waals surface area contributed by atoms with Crippen molar-refractivity contribution in [3.05, 3.63) is 35.6 Å². The third-order valence-electron chi connectivity index (χ3n) is 2.12. The lowest BCUT2D eigenvalue weighted by atomic mass is 9.82. The van der Waals surface area contributed by atoms with Crippen molar-refractivity contribution >= 4 is 0 Å². The Labute approximate surface area is 77.8 Å². The standard InChI is InChI=1S/C11H12FN/c1-11(2,7-8-13)9-5-3-4-6-10(9)12/h3-6H,7H2,1-2H3. The molecule has 0 saturated carbocycles. The van der Waals surface area contributed by atoms with Gasteiger partial charge in [-0.05, 0) is 11.6 Å². The molecule has 1 rings (SSSR count). The highest BCUT2D eigenvalue weighted by Crippen LogP contribution is 2.28. The molecule has 0 bridgehead atoms. The van der Waals surface area contributed by atoms with Gasteiger partial charge in [0.1, 0.15) is 5.82 Å². The van der Waals surface area contributed by atoms with E-state index in [0.717, 1.165) is 0 Å². The summed E-state index contributed by atoms with van der Waals surface area (Å²) in [6.07, 6.45) is 0.327. The fourth-order valence-electron chi connectivity index (χ4n) is 1.30. The molecule has 0 aliphatic heterocycles. The second kappa shape index (κ2) is 3.57. The van der Waals surface area contributed by atoms with Crippen molar-refractivity contribution in [2.45, 2.75) is 25.7 Å². The van der Waals surface area contributed by atoms with Crippen LogP contribution < -0.4 is 0 Å². The molecule has 0 N–H and O–H groups in total. The predicted octanol–water partition coefficient (Wildman–Crippen LogP) is 3.02. The summed E-state index contributed by atoms with van der Waals surface area (Å²) in [4.78, 5) is 0. The van der Waals surface area contributed by atoms with E-state index < -0.39 is 5.41 Å². The van der Waals surface area contributed by atoms with Crippen molar-refractivity contribution in [3.8, 4) is 6.07 Å². The lowest BCUT2D eigenvalue weighted by molar-refractivity contribution is 0.492. The monoisotopic (exact) mass is 177 g/mol. The largest absolute Gasteiger partial charge is 0.207 e. The summed E-state index contributed by atoms with van der Waals surface area (Å²) in [5, 5.41) is 8.58. The van der Waals surface area contributed by atoms with Gasteiger partial charge in [0.15, 0.2) is 0 Å². The van der Waals surface area contributed by atoms with Crippen molar-refractivity contribution in [3.63, 3.8) is 0 Å². The Kier molecular flexibility index (Phi) is 2.67. The number of hydrogen-bond acceptors (Lipinski definition) is 1. The number of nitriles is 1. The van der Waals surface area contributed by atoms with Crippen LogP contribution in [0.15, 0.2) is 24.3 Å². The zero-order chi connectivity index (χ0) is 9.90. The summed E-state index contributed by atoms with van der Waals surface area (Å²) < 4.78 is 13.3. The normalized spacial score (nSPS) is 10.9. The van der Waals surface area contributed by atoms with E-state index in [0.29, 0.717) is 12.0 Å². The Bertz CT molecular complexity index is 336. The quantitative estimate of drug-likeness (QED) is 0.681. The summed E-state index contributed by atoms with van der Waals surface area (Å²) >= 11 is 0. The minimum atomic E-state index is -0.403. The number of hydrogen-bond donors (Lipinski definition) is 0. The Balaban J connectivity index is 3.08. The van der Waals surface area contributed by atoms with Crippen molar-refractivity contribution in [2.75, 3.05) is 0 Å². The van der Waals surface area contributed by atoms with Gasteiger partial charge in [-0.15, -0.1) is 0 Å². The number of rotatable bonds is 2. The summed E-state index contributed by atoms with van der Waals surface area (Å²) in [6.45, 7) is 3.74. The maximum Gasteiger partial charge on any atom is 0.126 e. The molecule has 0 aliphatic carbocycles. The fraction of sp³-hybridized carbons (Fsp3) is 0.364. The third kappa shape index (κ3) is 2.06. The molecule has 13 heavy (non-hydrogen) atoms. The van der Waals surface area contributed by atoms with Crippen LogP contribution in [0.3, 0.4) is 0 Å². The van der Waals surface area contributed by atoms with Crippen LogP contribution in [0, 0.1) is 17.1 Å². The van der Waals surface area contributed by atoms with Crippen LogP contribution in [0.25, 0.3) is 0 Å². The first-order valence-corrected chi connectivity index (χ1v) is 4.20. The maximum atomic E-state index is 13.3. The van der Waals surface area contributed by atoms with Crippen LogP contribution in [-0.4, -0.2) is 0 Å². The first-order chi connectivity index (χ1) is 6.08. The smallest absolute Gasteiger partial charge is 0.126 e. The second-order valence-corrected chi connectivity index (χ2v) is 3.70. The molecular formula is C11H12FN. The zero-order valence-electron chi connectivity index (χ0n) is 7.84. The molecule has 0 saturated heterocycles. The van der Waals surface area contributed by atoms with Crippen LogP contribution in [-0.2, 0) is 5.41 Å². The van der Waals surface area contributed by atoms with E-state index in [4.69, 9.17) is 5.26 Å². The second-order valence-electron chi connectivity index (χ2n) is 3.70. The molecule has 1 aromatic carbocycles. The Morgan fingerprint density at radius 3 is 2.54 bits per heavy atom. The fourth-order valence-corrected chi connectivity index (χ4v) is 1.30. The van der Waals surface area contributed by atoms with Gasteiger partial charge < -0.3 is 0 Å². The Morgan fingerprint density at radius 2 is 2.00 bits per heavy atom. The van der Waals surface area contributed by atoms with Crippen LogP contribution in [0.1, 0.15) is 25.8 Å². The maximum absolute atomic E-state index is 13.3. The molecule has 0 atom stereocenters. The first-order valence-electron chi connectivity index (χ1n) is 4.20. The van der Waals surface area contributed by atoms with Crippen LogP contribution >= 0.6 is 0 Å². The van der Waals surface area contributed by atoms with E-state index >= 15 is 0 Å². The van der Waals surface area contributed by atoms with Gasteiger partial charge >= 0.3 is 0 Å². The van der Waals surface area contributed by atoms with E-state index in [9.17, 15) is 4.39 Å². The van der Waals surface area contributed by atoms with E-state index in [1.165, 1.54) is 6.07 Å². The highest BCUT2D eigenvalue weighted by molar-refractivity contribution is 5.26. The predicted molar refractivity (Wildman–Crippen MR) is 49.7 cm³/mol. The molecule has 0 unspecified atom stereocenters. The van der Waals surface area contributed by atoms with Crippen molar-refractivity contribution in [1.82, 2.24) is 0 Å². The van der Waals surface area contributed by atoms with Crippen molar-refractivity contribution in [2.24, 2.45) is 0 Å². The van der Waals surface area contributed by atoms with Crippen molar-refractivity contribution < 1.29 is 4.39 Å². The summed E-state index contributed by atoms with van der Waals surface area (Å²) in [6, 6.07) is 8.66. The lowest BCUT2D eigenvalue weighted by Gasteiger charge is -2.21.